The van der Waals surface area contributed by atoms with Gasteiger partial charge in [-0.05, 0) is 28.1 Å². The van der Waals surface area contributed by atoms with Crippen LogP contribution in [0.1, 0.15) is 0 Å². The molecule has 0 atom stereocenters. The van der Waals surface area contributed by atoms with Crippen molar-refractivity contribution in [2.45, 2.75) is 0 Å². The Labute approximate surface area is 177 Å². The minimum Gasteiger partial charge on any atom is -0.489 e. The summed E-state index contributed by atoms with van der Waals surface area (Å²) in [4.78, 5) is 19.7. The molecule has 1 aromatic heterocycles. The Balaban J connectivity index is 2.06. The van der Waals surface area contributed by atoms with E-state index in [0.717, 1.165) is 0 Å². The first-order valence-electron chi connectivity index (χ1n) is 7.22. The van der Waals surface area contributed by atoms with Crippen LogP contribution in [-0.2, 0) is 10.3 Å². The standard InChI is InChI=1S/C14H14BrIN4O6S/c1-24-12-8-11(15)17-13(18-12)19-14(21)20-27(22,23)26-10-5-3-2-4-9(10)25-7-6-16/h2-5,8H,6-7H2,1H3,(H2,17,18,19,20,21). The lowest BCUT2D eigenvalue weighted by molar-refractivity contribution is 0.255. The first-order chi connectivity index (χ1) is 12.8. The lowest BCUT2D eigenvalue weighted by Crippen LogP contribution is -2.37. The van der Waals surface area contributed by atoms with Crippen molar-refractivity contribution in [3.05, 3.63) is 34.9 Å². The van der Waals surface area contributed by atoms with Gasteiger partial charge in [-0.25, -0.2) is 14.5 Å². The quantitative estimate of drug-likeness (QED) is 0.280. The molecule has 146 valence electrons. The summed E-state index contributed by atoms with van der Waals surface area (Å²) in [5.41, 5.74) is 0. The fourth-order valence-electron chi connectivity index (χ4n) is 1.72. The number of hydrogen-bond acceptors (Lipinski definition) is 8. The number of rotatable bonds is 8. The highest BCUT2D eigenvalue weighted by Crippen LogP contribution is 2.27. The van der Waals surface area contributed by atoms with E-state index in [0.29, 0.717) is 15.6 Å². The van der Waals surface area contributed by atoms with E-state index in [2.05, 4.69) is 53.8 Å². The Morgan fingerprint density at radius 1 is 1.26 bits per heavy atom. The topological polar surface area (TPSA) is 129 Å². The summed E-state index contributed by atoms with van der Waals surface area (Å²) in [6.07, 6.45) is 0. The van der Waals surface area contributed by atoms with Crippen molar-refractivity contribution in [3.8, 4) is 17.4 Å². The zero-order chi connectivity index (χ0) is 19.9. The van der Waals surface area contributed by atoms with Crippen LogP contribution in [0.3, 0.4) is 0 Å². The first kappa shape index (κ1) is 21.4. The Bertz CT molecular complexity index is 914. The molecular weight excluding hydrogens is 559 g/mol. The number of hydrogen-bond donors (Lipinski definition) is 2. The normalized spacial score (nSPS) is 10.8. The number of anilines is 1. The molecule has 2 amide bonds. The predicted molar refractivity (Wildman–Crippen MR) is 109 cm³/mol. The van der Waals surface area contributed by atoms with Gasteiger partial charge >= 0.3 is 16.3 Å². The predicted octanol–water partition coefficient (Wildman–Crippen LogP) is 2.51. The zero-order valence-electron chi connectivity index (χ0n) is 13.8. The van der Waals surface area contributed by atoms with Crippen molar-refractivity contribution in [2.75, 3.05) is 23.5 Å². The van der Waals surface area contributed by atoms with Crippen molar-refractivity contribution >= 4 is 60.8 Å². The molecule has 0 aliphatic rings. The maximum absolute atomic E-state index is 12.1. The number of urea groups is 1. The summed E-state index contributed by atoms with van der Waals surface area (Å²) < 4.78 is 42.2. The smallest absolute Gasteiger partial charge is 0.411 e. The molecule has 13 heteroatoms. The van der Waals surface area contributed by atoms with Gasteiger partial charge in [-0.2, -0.15) is 13.4 Å². The number of amides is 2. The molecule has 0 bridgehead atoms. The number of carbonyl (C=O) groups excluding carboxylic acids is 1. The highest BCUT2D eigenvalue weighted by Gasteiger charge is 2.20. The molecule has 1 aromatic carbocycles. The number of alkyl halides is 1. The molecule has 27 heavy (non-hydrogen) atoms. The molecule has 10 nitrogen and oxygen atoms in total. The van der Waals surface area contributed by atoms with Crippen LogP contribution in [-0.4, -0.2) is 42.6 Å². The van der Waals surface area contributed by atoms with Crippen molar-refractivity contribution < 1.29 is 26.9 Å². The summed E-state index contributed by atoms with van der Waals surface area (Å²) in [6.45, 7) is 0.372. The number of benzene rings is 1. The highest BCUT2D eigenvalue weighted by atomic mass is 127. The largest absolute Gasteiger partial charge is 0.489 e. The van der Waals surface area contributed by atoms with Gasteiger partial charge < -0.3 is 13.7 Å². The Hall–Kier alpha value is -1.87. The molecule has 0 spiro atoms. The molecule has 0 aliphatic heterocycles. The summed E-state index contributed by atoms with van der Waals surface area (Å²) >= 11 is 5.23. The van der Waals surface area contributed by atoms with E-state index in [1.807, 2.05) is 0 Å². The molecule has 0 saturated carbocycles. The molecule has 1 heterocycles. The van der Waals surface area contributed by atoms with Crippen LogP contribution >= 0.6 is 38.5 Å². The van der Waals surface area contributed by atoms with Crippen LogP contribution in [0.5, 0.6) is 17.4 Å². The Morgan fingerprint density at radius 2 is 1.96 bits per heavy atom. The lowest BCUT2D eigenvalue weighted by atomic mass is 10.3. The molecular formula is C14H14BrIN4O6S. The molecule has 0 unspecified atom stereocenters. The molecule has 0 aliphatic carbocycles. The van der Waals surface area contributed by atoms with E-state index in [9.17, 15) is 13.2 Å². The fourth-order valence-corrected chi connectivity index (χ4v) is 3.00. The summed E-state index contributed by atoms with van der Waals surface area (Å²) in [5, 5.41) is 2.17. The lowest BCUT2D eigenvalue weighted by Gasteiger charge is -2.12. The number of methoxy groups -OCH3 is 1. The van der Waals surface area contributed by atoms with Crippen LogP contribution in [0.4, 0.5) is 10.7 Å². The second-order valence-electron chi connectivity index (χ2n) is 4.63. The molecule has 2 aromatic rings. The summed E-state index contributed by atoms with van der Waals surface area (Å²) in [5.74, 6) is 0.190. The number of carbonyl (C=O) groups is 1. The fraction of sp³-hybridized carbons (Fsp3) is 0.214. The van der Waals surface area contributed by atoms with Gasteiger partial charge in [-0.1, -0.05) is 34.7 Å². The van der Waals surface area contributed by atoms with Gasteiger partial charge in [0.1, 0.15) is 4.60 Å². The van der Waals surface area contributed by atoms with Gasteiger partial charge in [-0.15, -0.1) is 0 Å². The molecule has 2 rings (SSSR count). The van der Waals surface area contributed by atoms with Crippen LogP contribution in [0.15, 0.2) is 34.9 Å². The Morgan fingerprint density at radius 3 is 2.63 bits per heavy atom. The van der Waals surface area contributed by atoms with Gasteiger partial charge in [0.15, 0.2) is 11.5 Å². The minimum atomic E-state index is -4.47. The Kier molecular flexibility index (Phi) is 7.85. The van der Waals surface area contributed by atoms with Gasteiger partial charge in [-0.3, -0.25) is 5.32 Å². The van der Waals surface area contributed by atoms with E-state index in [1.165, 1.54) is 19.2 Å². The maximum atomic E-state index is 12.1. The third-order valence-electron chi connectivity index (χ3n) is 2.71. The zero-order valence-corrected chi connectivity index (χ0v) is 18.4. The average molecular weight is 573 g/mol. The molecule has 0 radical (unpaired) electrons. The monoisotopic (exact) mass is 572 g/mol. The van der Waals surface area contributed by atoms with E-state index in [1.54, 1.807) is 22.9 Å². The van der Waals surface area contributed by atoms with Crippen molar-refractivity contribution in [1.29, 1.82) is 0 Å². The van der Waals surface area contributed by atoms with E-state index < -0.39 is 16.3 Å². The maximum Gasteiger partial charge on any atom is 0.411 e. The first-order valence-corrected chi connectivity index (χ1v) is 10.9. The SMILES string of the molecule is COc1cc(Br)nc(NC(=O)NS(=O)(=O)Oc2ccccc2OCCI)n1. The second kappa shape index (κ2) is 9.89. The number of nitrogens with one attached hydrogen (secondary N) is 2. The number of aromatic nitrogens is 2. The van der Waals surface area contributed by atoms with Gasteiger partial charge in [0.05, 0.1) is 13.7 Å². The molecule has 0 fully saturated rings. The molecule has 0 saturated heterocycles. The highest BCUT2D eigenvalue weighted by molar-refractivity contribution is 14.1. The second-order valence-corrected chi connectivity index (χ2v) is 7.80. The van der Waals surface area contributed by atoms with Gasteiger partial charge in [0.25, 0.3) is 0 Å². The van der Waals surface area contributed by atoms with Crippen molar-refractivity contribution in [2.24, 2.45) is 0 Å². The van der Waals surface area contributed by atoms with Crippen LogP contribution in [0, 0.1) is 0 Å². The third-order valence-corrected chi connectivity index (χ3v) is 4.39. The number of nitrogens with zero attached hydrogens (tertiary/aromatic N) is 2. The number of ether oxygens (including phenoxy) is 2. The van der Waals surface area contributed by atoms with Crippen LogP contribution in [0.25, 0.3) is 0 Å². The van der Waals surface area contributed by atoms with E-state index in [-0.39, 0.29) is 23.3 Å². The van der Waals surface area contributed by atoms with Crippen molar-refractivity contribution in [1.82, 2.24) is 14.7 Å². The summed E-state index contributed by atoms with van der Waals surface area (Å²) in [6, 6.07) is 6.56. The van der Waals surface area contributed by atoms with Gasteiger partial charge in [0, 0.05) is 10.5 Å². The average Bonchev–Trinajstić information content (AvgIpc) is 2.59. The van der Waals surface area contributed by atoms with E-state index in [4.69, 9.17) is 13.7 Å². The summed E-state index contributed by atoms with van der Waals surface area (Å²) in [7, 11) is -3.09. The van der Waals surface area contributed by atoms with Crippen molar-refractivity contribution in [3.63, 3.8) is 0 Å². The van der Waals surface area contributed by atoms with Crippen LogP contribution in [0.2, 0.25) is 0 Å². The third kappa shape index (κ3) is 6.99. The molecule has 2 N–H and O–H groups in total. The number of para-hydroxylation sites is 2. The number of halogens is 2. The minimum absolute atomic E-state index is 0.0528. The van der Waals surface area contributed by atoms with Gasteiger partial charge in [0.2, 0.25) is 11.8 Å². The van der Waals surface area contributed by atoms with E-state index >= 15 is 0 Å². The van der Waals surface area contributed by atoms with Crippen LogP contribution < -0.4 is 23.7 Å².